The molecule has 0 spiro atoms. The molecule has 4 heteroatoms. The lowest BCUT2D eigenvalue weighted by molar-refractivity contribution is 0.0617. The summed E-state index contributed by atoms with van der Waals surface area (Å²) < 4.78 is 1.90. The standard InChI is InChI=1S/C10H13N3O/c11-9-7-3-1-6-13(7)10(14)8-4-2-5-12(8)9/h2,4-5,7,9H,1,3,6,11H2. The first-order valence-electron chi connectivity index (χ1n) is 5.02. The molecule has 4 nitrogen and oxygen atoms in total. The Hall–Kier alpha value is -1.29. The van der Waals surface area contributed by atoms with Gasteiger partial charge in [-0.3, -0.25) is 4.79 Å². The number of aromatic nitrogens is 1. The Morgan fingerprint density at radius 3 is 3.21 bits per heavy atom. The molecule has 3 rings (SSSR count). The lowest BCUT2D eigenvalue weighted by Gasteiger charge is -2.36. The fourth-order valence-electron chi connectivity index (χ4n) is 2.57. The summed E-state index contributed by atoms with van der Waals surface area (Å²) in [5, 5.41) is 0. The quantitative estimate of drug-likeness (QED) is 0.651. The average Bonchev–Trinajstić information content (AvgIpc) is 2.82. The second-order valence-corrected chi connectivity index (χ2v) is 4.00. The highest BCUT2D eigenvalue weighted by molar-refractivity contribution is 5.94. The van der Waals surface area contributed by atoms with Gasteiger partial charge in [0.25, 0.3) is 5.91 Å². The maximum Gasteiger partial charge on any atom is 0.270 e. The van der Waals surface area contributed by atoms with Gasteiger partial charge in [0.05, 0.1) is 6.04 Å². The maximum atomic E-state index is 12.0. The monoisotopic (exact) mass is 191 g/mol. The molecule has 3 heterocycles. The van der Waals surface area contributed by atoms with Crippen molar-refractivity contribution in [3.05, 3.63) is 24.0 Å². The molecule has 2 N–H and O–H groups in total. The summed E-state index contributed by atoms with van der Waals surface area (Å²) in [7, 11) is 0. The van der Waals surface area contributed by atoms with E-state index in [-0.39, 0.29) is 18.1 Å². The van der Waals surface area contributed by atoms with Crippen LogP contribution in [0.15, 0.2) is 18.3 Å². The predicted octanol–water partition coefficient (Wildman–Crippen LogP) is 0.564. The van der Waals surface area contributed by atoms with Crippen LogP contribution in [-0.4, -0.2) is 28.0 Å². The van der Waals surface area contributed by atoms with Crippen molar-refractivity contribution in [2.45, 2.75) is 25.0 Å². The zero-order chi connectivity index (χ0) is 9.71. The zero-order valence-corrected chi connectivity index (χ0v) is 7.89. The number of hydrogen-bond donors (Lipinski definition) is 1. The minimum atomic E-state index is -0.0554. The van der Waals surface area contributed by atoms with Gasteiger partial charge >= 0.3 is 0 Å². The molecule has 2 aliphatic heterocycles. The molecular formula is C10H13N3O. The van der Waals surface area contributed by atoms with Gasteiger partial charge < -0.3 is 15.2 Å². The molecule has 0 aliphatic carbocycles. The van der Waals surface area contributed by atoms with Crippen LogP contribution in [0.2, 0.25) is 0 Å². The zero-order valence-electron chi connectivity index (χ0n) is 7.89. The molecule has 1 aromatic heterocycles. The molecule has 0 saturated carbocycles. The molecule has 1 saturated heterocycles. The van der Waals surface area contributed by atoms with Gasteiger partial charge in [0.1, 0.15) is 11.9 Å². The van der Waals surface area contributed by atoms with Gasteiger partial charge in [-0.1, -0.05) is 0 Å². The predicted molar refractivity (Wildman–Crippen MR) is 51.7 cm³/mol. The average molecular weight is 191 g/mol. The van der Waals surface area contributed by atoms with E-state index < -0.39 is 0 Å². The maximum absolute atomic E-state index is 12.0. The Morgan fingerprint density at radius 2 is 2.36 bits per heavy atom. The minimum Gasteiger partial charge on any atom is -0.331 e. The van der Waals surface area contributed by atoms with Gasteiger partial charge in [-0.2, -0.15) is 0 Å². The third-order valence-electron chi connectivity index (χ3n) is 3.27. The molecule has 2 unspecified atom stereocenters. The summed E-state index contributed by atoms with van der Waals surface area (Å²) in [4.78, 5) is 13.9. The van der Waals surface area contributed by atoms with Crippen LogP contribution >= 0.6 is 0 Å². The van der Waals surface area contributed by atoms with Crippen LogP contribution in [0.4, 0.5) is 0 Å². The molecule has 0 bridgehead atoms. The summed E-state index contributed by atoms with van der Waals surface area (Å²) in [6, 6.07) is 3.94. The van der Waals surface area contributed by atoms with E-state index in [0.717, 1.165) is 25.1 Å². The lowest BCUT2D eigenvalue weighted by atomic mass is 10.1. The van der Waals surface area contributed by atoms with Crippen molar-refractivity contribution in [1.82, 2.24) is 9.47 Å². The number of carbonyl (C=O) groups is 1. The topological polar surface area (TPSA) is 51.3 Å². The second-order valence-electron chi connectivity index (χ2n) is 4.00. The van der Waals surface area contributed by atoms with Crippen LogP contribution in [-0.2, 0) is 0 Å². The number of fused-ring (bicyclic) bond motifs is 2. The van der Waals surface area contributed by atoms with Crippen LogP contribution in [0.25, 0.3) is 0 Å². The Bertz CT molecular complexity index is 384. The third kappa shape index (κ3) is 0.838. The first-order valence-corrected chi connectivity index (χ1v) is 5.02. The summed E-state index contributed by atoms with van der Waals surface area (Å²) >= 11 is 0. The SMILES string of the molecule is NC1C2CCCN2C(=O)c2cccn21. The first-order chi connectivity index (χ1) is 6.79. The number of carbonyl (C=O) groups excluding carboxylic acids is 1. The van der Waals surface area contributed by atoms with Crippen LogP contribution in [0.3, 0.4) is 0 Å². The van der Waals surface area contributed by atoms with Gasteiger partial charge in [0.15, 0.2) is 0 Å². The normalized spacial score (nSPS) is 30.4. The highest BCUT2D eigenvalue weighted by atomic mass is 16.2. The highest BCUT2D eigenvalue weighted by Crippen LogP contribution is 2.31. The van der Waals surface area contributed by atoms with Crippen molar-refractivity contribution in [2.24, 2.45) is 5.73 Å². The molecule has 2 aliphatic rings. The van der Waals surface area contributed by atoms with Crippen molar-refractivity contribution in [3.63, 3.8) is 0 Å². The van der Waals surface area contributed by atoms with Crippen molar-refractivity contribution in [3.8, 4) is 0 Å². The largest absolute Gasteiger partial charge is 0.331 e. The van der Waals surface area contributed by atoms with Crippen molar-refractivity contribution in [1.29, 1.82) is 0 Å². The fraction of sp³-hybridized carbons (Fsp3) is 0.500. The fourth-order valence-corrected chi connectivity index (χ4v) is 2.57. The van der Waals surface area contributed by atoms with E-state index in [0.29, 0.717) is 0 Å². The molecule has 0 radical (unpaired) electrons. The molecule has 14 heavy (non-hydrogen) atoms. The van der Waals surface area contributed by atoms with Gasteiger partial charge in [-0.15, -0.1) is 0 Å². The number of hydrogen-bond acceptors (Lipinski definition) is 2. The van der Waals surface area contributed by atoms with E-state index in [1.54, 1.807) is 0 Å². The number of amides is 1. The van der Waals surface area contributed by atoms with Crippen LogP contribution in [0.1, 0.15) is 29.5 Å². The molecular weight excluding hydrogens is 178 g/mol. The Labute approximate surface area is 82.3 Å². The molecule has 0 aromatic carbocycles. The molecule has 74 valence electrons. The van der Waals surface area contributed by atoms with Crippen molar-refractivity contribution >= 4 is 5.91 Å². The Kier molecular flexibility index (Phi) is 1.50. The van der Waals surface area contributed by atoms with Crippen molar-refractivity contribution < 1.29 is 4.79 Å². The van der Waals surface area contributed by atoms with Crippen LogP contribution in [0.5, 0.6) is 0 Å². The molecule has 1 amide bonds. The smallest absolute Gasteiger partial charge is 0.270 e. The van der Waals surface area contributed by atoms with Gasteiger partial charge in [-0.25, -0.2) is 0 Å². The highest BCUT2D eigenvalue weighted by Gasteiger charge is 2.39. The Morgan fingerprint density at radius 1 is 1.50 bits per heavy atom. The van der Waals surface area contributed by atoms with Gasteiger partial charge in [0.2, 0.25) is 0 Å². The van der Waals surface area contributed by atoms with E-state index in [9.17, 15) is 4.79 Å². The Balaban J connectivity index is 2.12. The van der Waals surface area contributed by atoms with Gasteiger partial charge in [0, 0.05) is 12.7 Å². The second kappa shape index (κ2) is 2.60. The number of nitrogens with zero attached hydrogens (tertiary/aromatic N) is 2. The lowest BCUT2D eigenvalue weighted by Crippen LogP contribution is -2.49. The summed E-state index contributed by atoms with van der Waals surface area (Å²) in [6.07, 6.45) is 3.95. The number of nitrogens with two attached hydrogens (primary N) is 1. The molecule has 1 aromatic rings. The van der Waals surface area contributed by atoms with Gasteiger partial charge in [-0.05, 0) is 25.0 Å². The van der Waals surface area contributed by atoms with E-state index in [4.69, 9.17) is 5.73 Å². The number of rotatable bonds is 0. The summed E-state index contributed by atoms with van der Waals surface area (Å²) in [5.41, 5.74) is 6.84. The van der Waals surface area contributed by atoms with E-state index in [1.807, 2.05) is 27.8 Å². The summed E-state index contributed by atoms with van der Waals surface area (Å²) in [5.74, 6) is 0.138. The third-order valence-corrected chi connectivity index (χ3v) is 3.27. The first kappa shape index (κ1) is 8.05. The van der Waals surface area contributed by atoms with Crippen LogP contribution in [0, 0.1) is 0 Å². The summed E-state index contributed by atoms with van der Waals surface area (Å²) in [6.45, 7) is 0.863. The van der Waals surface area contributed by atoms with E-state index in [1.165, 1.54) is 0 Å². The van der Waals surface area contributed by atoms with E-state index >= 15 is 0 Å². The van der Waals surface area contributed by atoms with E-state index in [2.05, 4.69) is 0 Å². The minimum absolute atomic E-state index is 0.0554. The molecule has 2 atom stereocenters. The van der Waals surface area contributed by atoms with Crippen LogP contribution < -0.4 is 5.73 Å². The molecule has 1 fully saturated rings. The van der Waals surface area contributed by atoms with Crippen molar-refractivity contribution in [2.75, 3.05) is 6.54 Å².